The molecule has 3 aromatic heterocycles. The number of furan rings is 1. The Morgan fingerprint density at radius 3 is 1.91 bits per heavy atom. The predicted octanol–water partition coefficient (Wildman–Crippen LogP) is 13.5. The number of anilines is 3. The van der Waals surface area contributed by atoms with E-state index in [2.05, 4.69) is 144 Å². The topological polar surface area (TPSA) is 16.4 Å². The average Bonchev–Trinajstić information content (AvgIpc) is 3.80. The Kier molecular flexibility index (Phi) is 5.65. The second-order valence-electron chi connectivity index (χ2n) is 11.7. The first-order chi connectivity index (χ1) is 22.8. The van der Waals surface area contributed by atoms with E-state index in [-0.39, 0.29) is 0 Å². The molecule has 0 saturated carbocycles. The van der Waals surface area contributed by atoms with Gasteiger partial charge in [-0.15, -0.1) is 22.7 Å². The molecule has 2 nitrogen and oxygen atoms in total. The van der Waals surface area contributed by atoms with Gasteiger partial charge in [0.1, 0.15) is 11.2 Å². The van der Waals surface area contributed by atoms with Gasteiger partial charge in [-0.3, -0.25) is 0 Å². The van der Waals surface area contributed by atoms with Gasteiger partial charge in [-0.1, -0.05) is 91.0 Å². The van der Waals surface area contributed by atoms with Crippen molar-refractivity contribution < 1.29 is 4.42 Å². The number of para-hydroxylation sites is 1. The number of hydrogen-bond donors (Lipinski definition) is 0. The molecule has 3 heterocycles. The highest BCUT2D eigenvalue weighted by Crippen LogP contribution is 2.49. The third-order valence-electron chi connectivity index (χ3n) is 9.07. The van der Waals surface area contributed by atoms with Crippen LogP contribution in [-0.2, 0) is 0 Å². The second-order valence-corrected chi connectivity index (χ2v) is 13.8. The Morgan fingerprint density at radius 2 is 1.07 bits per heavy atom. The number of thiophene rings is 2. The minimum absolute atomic E-state index is 0.899. The van der Waals surface area contributed by atoms with Gasteiger partial charge < -0.3 is 9.32 Å². The number of benzene rings is 7. The van der Waals surface area contributed by atoms with Crippen molar-refractivity contribution in [1.29, 1.82) is 0 Å². The molecule has 0 radical (unpaired) electrons. The maximum atomic E-state index is 6.25. The molecule has 0 aliphatic heterocycles. The molecule has 10 aromatic rings. The van der Waals surface area contributed by atoms with E-state index >= 15 is 0 Å². The van der Waals surface area contributed by atoms with Crippen LogP contribution in [0.4, 0.5) is 17.1 Å². The first kappa shape index (κ1) is 25.9. The van der Waals surface area contributed by atoms with Crippen LogP contribution >= 0.6 is 22.7 Å². The van der Waals surface area contributed by atoms with Gasteiger partial charge >= 0.3 is 0 Å². The number of fused-ring (bicyclic) bond motifs is 9. The van der Waals surface area contributed by atoms with Crippen LogP contribution < -0.4 is 4.90 Å². The van der Waals surface area contributed by atoms with Crippen LogP contribution in [0.5, 0.6) is 0 Å². The third-order valence-corrected chi connectivity index (χ3v) is 11.4. The molecule has 0 N–H and O–H groups in total. The zero-order chi connectivity index (χ0) is 30.2. The van der Waals surface area contributed by atoms with Crippen molar-refractivity contribution in [2.75, 3.05) is 4.90 Å². The minimum Gasteiger partial charge on any atom is -0.456 e. The van der Waals surface area contributed by atoms with Crippen LogP contribution in [0.1, 0.15) is 0 Å². The Hall–Kier alpha value is -5.42. The lowest BCUT2D eigenvalue weighted by Crippen LogP contribution is -2.10. The van der Waals surface area contributed by atoms with E-state index in [0.29, 0.717) is 0 Å². The lowest BCUT2D eigenvalue weighted by molar-refractivity contribution is 0.669. The van der Waals surface area contributed by atoms with E-state index in [0.717, 1.165) is 33.3 Å². The van der Waals surface area contributed by atoms with E-state index in [9.17, 15) is 0 Å². The second kappa shape index (κ2) is 10.0. The van der Waals surface area contributed by atoms with E-state index in [1.807, 2.05) is 34.8 Å². The first-order valence-corrected chi connectivity index (χ1v) is 17.1. The maximum Gasteiger partial charge on any atom is 0.135 e. The third kappa shape index (κ3) is 3.87. The van der Waals surface area contributed by atoms with Gasteiger partial charge in [0.05, 0.1) is 10.4 Å². The first-order valence-electron chi connectivity index (χ1n) is 15.4. The molecule has 0 unspecified atom stereocenters. The van der Waals surface area contributed by atoms with Gasteiger partial charge in [-0.25, -0.2) is 0 Å². The van der Waals surface area contributed by atoms with Gasteiger partial charge in [-0.05, 0) is 71.8 Å². The van der Waals surface area contributed by atoms with Crippen LogP contribution in [0.3, 0.4) is 0 Å². The van der Waals surface area contributed by atoms with E-state index < -0.39 is 0 Å². The molecule has 0 bridgehead atoms. The summed E-state index contributed by atoms with van der Waals surface area (Å²) in [7, 11) is 0. The molecule has 0 aliphatic rings. The van der Waals surface area contributed by atoms with Gasteiger partial charge in [0.15, 0.2) is 0 Å². The summed E-state index contributed by atoms with van der Waals surface area (Å²) in [6.07, 6.45) is 0. The molecule has 216 valence electrons. The molecule has 0 amide bonds. The van der Waals surface area contributed by atoms with Crippen LogP contribution in [0.15, 0.2) is 156 Å². The van der Waals surface area contributed by atoms with Crippen molar-refractivity contribution in [2.45, 2.75) is 0 Å². The number of nitrogens with zero attached hydrogens (tertiary/aromatic N) is 1. The van der Waals surface area contributed by atoms with Crippen LogP contribution in [-0.4, -0.2) is 0 Å². The smallest absolute Gasteiger partial charge is 0.135 e. The molecule has 0 aliphatic carbocycles. The fraction of sp³-hybridized carbons (Fsp3) is 0. The van der Waals surface area contributed by atoms with Gasteiger partial charge in [0, 0.05) is 57.8 Å². The molecule has 7 aromatic carbocycles. The Balaban J connectivity index is 1.30. The zero-order valence-corrected chi connectivity index (χ0v) is 26.2. The quantitative estimate of drug-likeness (QED) is 0.194. The molecule has 10 rings (SSSR count). The van der Waals surface area contributed by atoms with Crippen LogP contribution in [0.25, 0.3) is 73.4 Å². The van der Waals surface area contributed by atoms with Crippen molar-refractivity contribution in [2.24, 2.45) is 0 Å². The van der Waals surface area contributed by atoms with Gasteiger partial charge in [0.25, 0.3) is 0 Å². The molecule has 4 heteroatoms. The monoisotopic (exact) mass is 623 g/mol. The summed E-state index contributed by atoms with van der Waals surface area (Å²) in [5, 5.41) is 7.42. The Morgan fingerprint density at radius 1 is 0.435 bits per heavy atom. The SMILES string of the molecule is c1ccc(-c2ccc(N(c3ccc4oc5ccccc5c4c3)c3ccc4sc5ccccc5c4c3)c3sc4ccccc4c23)cc1. The highest BCUT2D eigenvalue weighted by Gasteiger charge is 2.22. The molecular formula is C42H25NOS2. The fourth-order valence-corrected chi connectivity index (χ4v) is 9.30. The summed E-state index contributed by atoms with van der Waals surface area (Å²) in [4.78, 5) is 2.44. The molecule has 46 heavy (non-hydrogen) atoms. The number of hydrogen-bond acceptors (Lipinski definition) is 4. The van der Waals surface area contributed by atoms with Crippen molar-refractivity contribution in [3.63, 3.8) is 0 Å². The van der Waals surface area contributed by atoms with Crippen molar-refractivity contribution in [3.8, 4) is 11.1 Å². The number of rotatable bonds is 4. The summed E-state index contributed by atoms with van der Waals surface area (Å²) in [5.41, 5.74) is 7.70. The van der Waals surface area contributed by atoms with Crippen molar-refractivity contribution in [3.05, 3.63) is 152 Å². The molecule has 0 spiro atoms. The highest BCUT2D eigenvalue weighted by atomic mass is 32.1. The molecular weight excluding hydrogens is 599 g/mol. The Bertz CT molecular complexity index is 2650. The average molecular weight is 624 g/mol. The van der Waals surface area contributed by atoms with E-state index in [1.165, 1.54) is 57.2 Å². The van der Waals surface area contributed by atoms with Gasteiger partial charge in [-0.2, -0.15) is 0 Å². The van der Waals surface area contributed by atoms with E-state index in [1.54, 1.807) is 0 Å². The summed E-state index contributed by atoms with van der Waals surface area (Å²) in [5.74, 6) is 0. The zero-order valence-electron chi connectivity index (χ0n) is 24.6. The summed E-state index contributed by atoms with van der Waals surface area (Å²) in [6.45, 7) is 0. The molecule has 0 saturated heterocycles. The van der Waals surface area contributed by atoms with Crippen molar-refractivity contribution in [1.82, 2.24) is 0 Å². The van der Waals surface area contributed by atoms with E-state index in [4.69, 9.17) is 4.42 Å². The lowest BCUT2D eigenvalue weighted by Gasteiger charge is -2.27. The normalized spacial score (nSPS) is 11.9. The Labute approximate surface area is 273 Å². The standard InChI is InChI=1S/C42H25NOS2/c1-2-10-26(11-3-1)29-20-21-35(42-41(29)32-14-6-9-17-39(32)46-42)43(27-18-22-37-33(24-27)30-12-4-7-15-36(30)44-37)28-19-23-40-34(25-28)31-13-5-8-16-38(31)45-40/h1-25H. The van der Waals surface area contributed by atoms with Crippen molar-refractivity contribution >= 4 is 102 Å². The summed E-state index contributed by atoms with van der Waals surface area (Å²) < 4.78 is 11.4. The molecule has 0 atom stereocenters. The van der Waals surface area contributed by atoms with Gasteiger partial charge in [0.2, 0.25) is 0 Å². The fourth-order valence-electron chi connectivity index (χ4n) is 6.98. The summed E-state index contributed by atoms with van der Waals surface area (Å²) in [6, 6.07) is 54.8. The minimum atomic E-state index is 0.899. The predicted molar refractivity (Wildman–Crippen MR) is 200 cm³/mol. The summed E-state index contributed by atoms with van der Waals surface area (Å²) >= 11 is 3.73. The highest BCUT2D eigenvalue weighted by molar-refractivity contribution is 7.26. The lowest BCUT2D eigenvalue weighted by atomic mass is 9.98. The molecule has 0 fully saturated rings. The largest absolute Gasteiger partial charge is 0.456 e. The van der Waals surface area contributed by atoms with Crippen LogP contribution in [0, 0.1) is 0 Å². The maximum absolute atomic E-state index is 6.25. The van der Waals surface area contributed by atoms with Crippen LogP contribution in [0.2, 0.25) is 0 Å².